The van der Waals surface area contributed by atoms with Crippen LogP contribution in [0, 0.1) is 17.8 Å². The molecule has 4 bridgehead atoms. The van der Waals surface area contributed by atoms with Gasteiger partial charge in [0.25, 0.3) is 0 Å². The molecule has 3 aromatic rings. The quantitative estimate of drug-likeness (QED) is 0.251. The van der Waals surface area contributed by atoms with Crippen LogP contribution in [0.15, 0.2) is 36.4 Å². The van der Waals surface area contributed by atoms with E-state index in [4.69, 9.17) is 0 Å². The van der Waals surface area contributed by atoms with Crippen molar-refractivity contribution in [3.8, 4) is 51.7 Å². The summed E-state index contributed by atoms with van der Waals surface area (Å²) in [6.07, 6.45) is 2.86. The van der Waals surface area contributed by atoms with E-state index in [2.05, 4.69) is 0 Å². The molecule has 9 nitrogen and oxygen atoms in total. The fourth-order valence-electron chi connectivity index (χ4n) is 8.54. The van der Waals surface area contributed by atoms with Crippen LogP contribution in [0.1, 0.15) is 48.8 Å². The molecule has 4 aliphatic rings. The van der Waals surface area contributed by atoms with Crippen LogP contribution < -0.4 is 0 Å². The lowest BCUT2D eigenvalue weighted by Crippen LogP contribution is -2.65. The SMILES string of the molecule is Oc1cc(O)c(C23CC4CC(CC(C4)C2(c2c(O)cc(O)cc2O)c2c(O)cc(O)cc2O)C3)c(O)c1. The first-order valence-electron chi connectivity index (χ1n) is 12.2. The molecule has 4 fully saturated rings. The molecule has 0 amide bonds. The molecule has 194 valence electrons. The number of phenols is 9. The van der Waals surface area contributed by atoms with Crippen molar-refractivity contribution in [2.24, 2.45) is 17.8 Å². The molecule has 37 heavy (non-hydrogen) atoms. The van der Waals surface area contributed by atoms with Crippen LogP contribution in [0.5, 0.6) is 51.7 Å². The largest absolute Gasteiger partial charge is 0.508 e. The standard InChI is InChI=1S/C28H28O9/c29-15-4-18(32)24(19(33)5-15)27-10-12-1-13(11-27)3-14(2-12)28(27,25-20(34)6-16(30)7-21(25)35)26-22(36)8-17(31)9-23(26)37/h4-9,12-14,29-37H,1-3,10-11H2. The van der Waals surface area contributed by atoms with E-state index in [1.54, 1.807) is 0 Å². The van der Waals surface area contributed by atoms with Crippen molar-refractivity contribution in [3.05, 3.63) is 53.1 Å². The fourth-order valence-corrected chi connectivity index (χ4v) is 8.54. The smallest absolute Gasteiger partial charge is 0.127 e. The fraction of sp³-hybridized carbons (Fsp3) is 0.357. The minimum Gasteiger partial charge on any atom is -0.508 e. The molecular formula is C28H28O9. The summed E-state index contributed by atoms with van der Waals surface area (Å²) in [6.45, 7) is 0. The van der Waals surface area contributed by atoms with E-state index in [0.29, 0.717) is 25.7 Å². The average Bonchev–Trinajstić information content (AvgIpc) is 2.74. The highest BCUT2D eigenvalue weighted by Crippen LogP contribution is 2.76. The maximum Gasteiger partial charge on any atom is 0.127 e. The van der Waals surface area contributed by atoms with Gasteiger partial charge in [-0.25, -0.2) is 0 Å². The van der Waals surface area contributed by atoms with Crippen molar-refractivity contribution in [1.29, 1.82) is 0 Å². The lowest BCUT2D eigenvalue weighted by atomic mass is 9.34. The number of benzene rings is 3. The van der Waals surface area contributed by atoms with Gasteiger partial charge in [-0.2, -0.15) is 0 Å². The van der Waals surface area contributed by atoms with E-state index >= 15 is 0 Å². The van der Waals surface area contributed by atoms with Crippen LogP contribution in [-0.4, -0.2) is 46.0 Å². The average molecular weight is 509 g/mol. The van der Waals surface area contributed by atoms with Gasteiger partial charge in [0, 0.05) is 63.9 Å². The zero-order valence-corrected chi connectivity index (χ0v) is 19.8. The Labute approximate surface area is 211 Å². The Morgan fingerprint density at radius 1 is 0.459 bits per heavy atom. The summed E-state index contributed by atoms with van der Waals surface area (Å²) < 4.78 is 0. The molecule has 0 aromatic heterocycles. The van der Waals surface area contributed by atoms with Gasteiger partial charge in [-0.1, -0.05) is 0 Å². The molecule has 4 saturated carbocycles. The highest BCUT2D eigenvalue weighted by atomic mass is 16.3. The second-order valence-corrected chi connectivity index (χ2v) is 11.0. The van der Waals surface area contributed by atoms with Gasteiger partial charge in [0.05, 0.1) is 0 Å². The molecule has 9 N–H and O–H groups in total. The third-order valence-corrected chi connectivity index (χ3v) is 9.06. The molecule has 7 rings (SSSR count). The second-order valence-electron chi connectivity index (χ2n) is 11.0. The predicted molar refractivity (Wildman–Crippen MR) is 130 cm³/mol. The zero-order valence-electron chi connectivity index (χ0n) is 19.8. The topological polar surface area (TPSA) is 182 Å². The van der Waals surface area contributed by atoms with Crippen LogP contribution in [0.2, 0.25) is 0 Å². The highest BCUT2D eigenvalue weighted by molar-refractivity contribution is 5.70. The minimum atomic E-state index is -1.61. The molecule has 0 heterocycles. The van der Waals surface area contributed by atoms with Gasteiger partial charge < -0.3 is 46.0 Å². The Kier molecular flexibility index (Phi) is 4.68. The summed E-state index contributed by atoms with van der Waals surface area (Å²) in [5, 5.41) is 97.7. The second kappa shape index (κ2) is 7.44. The van der Waals surface area contributed by atoms with Crippen LogP contribution in [0.3, 0.4) is 0 Å². The summed E-state index contributed by atoms with van der Waals surface area (Å²) in [4.78, 5) is 0. The number of hydrogen-bond acceptors (Lipinski definition) is 9. The lowest BCUT2D eigenvalue weighted by Gasteiger charge is -2.68. The summed E-state index contributed by atoms with van der Waals surface area (Å²) in [5.74, 6) is -4.03. The van der Waals surface area contributed by atoms with Gasteiger partial charge in [-0.15, -0.1) is 0 Å². The van der Waals surface area contributed by atoms with E-state index in [-0.39, 0.29) is 34.3 Å². The van der Waals surface area contributed by atoms with Crippen molar-refractivity contribution in [2.75, 3.05) is 0 Å². The monoisotopic (exact) mass is 508 g/mol. The Balaban J connectivity index is 1.84. The molecule has 3 aromatic carbocycles. The van der Waals surface area contributed by atoms with Gasteiger partial charge >= 0.3 is 0 Å². The van der Waals surface area contributed by atoms with Gasteiger partial charge in [0.15, 0.2) is 0 Å². The van der Waals surface area contributed by atoms with Crippen molar-refractivity contribution in [2.45, 2.75) is 42.9 Å². The number of aromatic hydroxyl groups is 9. The summed E-state index contributed by atoms with van der Waals surface area (Å²) in [6, 6.07) is 6.43. The Hall–Kier alpha value is -4.14. The van der Waals surface area contributed by atoms with E-state index in [9.17, 15) is 46.0 Å². The predicted octanol–water partition coefficient (Wildman–Crippen LogP) is 4.10. The first-order chi connectivity index (χ1) is 17.5. The molecule has 2 unspecified atom stereocenters. The Bertz CT molecular complexity index is 1310. The van der Waals surface area contributed by atoms with Crippen molar-refractivity contribution in [3.63, 3.8) is 0 Å². The Morgan fingerprint density at radius 2 is 0.784 bits per heavy atom. The molecule has 0 saturated heterocycles. The molecule has 0 aliphatic heterocycles. The van der Waals surface area contributed by atoms with Crippen LogP contribution in [0.4, 0.5) is 0 Å². The van der Waals surface area contributed by atoms with Crippen LogP contribution in [0.25, 0.3) is 0 Å². The van der Waals surface area contributed by atoms with Crippen LogP contribution >= 0.6 is 0 Å². The maximum atomic E-state index is 11.3. The van der Waals surface area contributed by atoms with Crippen molar-refractivity contribution < 1.29 is 46.0 Å². The molecule has 4 aliphatic carbocycles. The summed E-state index contributed by atoms with van der Waals surface area (Å²) in [7, 11) is 0. The number of rotatable bonds is 3. The van der Waals surface area contributed by atoms with Crippen molar-refractivity contribution in [1.82, 2.24) is 0 Å². The molecular weight excluding hydrogens is 480 g/mol. The van der Waals surface area contributed by atoms with E-state index in [0.717, 1.165) is 42.8 Å². The van der Waals surface area contributed by atoms with Gasteiger partial charge in [-0.3, -0.25) is 0 Å². The van der Waals surface area contributed by atoms with Gasteiger partial charge in [0.2, 0.25) is 0 Å². The lowest BCUT2D eigenvalue weighted by molar-refractivity contribution is -0.0717. The normalized spacial score (nSPS) is 27.4. The third-order valence-electron chi connectivity index (χ3n) is 9.06. The molecule has 9 heteroatoms. The first-order valence-corrected chi connectivity index (χ1v) is 12.2. The molecule has 0 radical (unpaired) electrons. The minimum absolute atomic E-state index is 0.0720. The zero-order chi connectivity index (χ0) is 26.4. The highest BCUT2D eigenvalue weighted by Gasteiger charge is 2.71. The Morgan fingerprint density at radius 3 is 1.14 bits per heavy atom. The maximum absolute atomic E-state index is 11.3. The summed E-state index contributed by atoms with van der Waals surface area (Å²) >= 11 is 0. The van der Waals surface area contributed by atoms with Gasteiger partial charge in [-0.05, 0) is 49.9 Å². The van der Waals surface area contributed by atoms with Crippen molar-refractivity contribution >= 4 is 0 Å². The van der Waals surface area contributed by atoms with Crippen LogP contribution in [-0.2, 0) is 10.8 Å². The van der Waals surface area contributed by atoms with Gasteiger partial charge in [0.1, 0.15) is 51.7 Å². The third kappa shape index (κ3) is 2.91. The number of phenolic OH excluding ortho intramolecular Hbond substituents is 9. The van der Waals surface area contributed by atoms with E-state index < -0.39 is 62.7 Å². The first kappa shape index (κ1) is 23.3. The van der Waals surface area contributed by atoms with E-state index in [1.807, 2.05) is 0 Å². The molecule has 0 spiro atoms. The molecule has 2 atom stereocenters. The number of hydrogen-bond donors (Lipinski definition) is 9. The summed E-state index contributed by atoms with van der Waals surface area (Å²) in [5.41, 5.74) is -2.96. The van der Waals surface area contributed by atoms with E-state index in [1.165, 1.54) is 0 Å².